The van der Waals surface area contributed by atoms with Gasteiger partial charge in [-0.15, -0.1) is 0 Å². The van der Waals surface area contributed by atoms with E-state index in [1.807, 2.05) is 6.07 Å². The Kier molecular flexibility index (Phi) is 5.67. The topological polar surface area (TPSA) is 30.5 Å². The van der Waals surface area contributed by atoms with Crippen LogP contribution in [0, 0.1) is 5.92 Å². The zero-order valence-corrected chi connectivity index (χ0v) is 13.0. The summed E-state index contributed by atoms with van der Waals surface area (Å²) in [5.74, 6) is 2.27. The maximum Gasteiger partial charge on any atom is 0.122 e. The van der Waals surface area contributed by atoms with Crippen LogP contribution < -0.4 is 14.8 Å². The molecule has 0 aromatic heterocycles. The molecular weight excluding hydrogens is 238 g/mol. The Labute approximate surface area is 117 Å². The normalized spacial score (nSPS) is 13.2. The van der Waals surface area contributed by atoms with E-state index in [0.717, 1.165) is 24.5 Å². The van der Waals surface area contributed by atoms with Gasteiger partial charge in [-0.3, -0.25) is 0 Å². The third kappa shape index (κ3) is 5.97. The number of hydrogen-bond donors (Lipinski definition) is 1. The summed E-state index contributed by atoms with van der Waals surface area (Å²) < 4.78 is 10.6. The lowest BCUT2D eigenvalue weighted by Gasteiger charge is -2.23. The number of nitrogens with one attached hydrogen (secondary N) is 1. The van der Waals surface area contributed by atoms with Gasteiger partial charge in [-0.2, -0.15) is 0 Å². The first kappa shape index (κ1) is 15.8. The highest BCUT2D eigenvalue weighted by Crippen LogP contribution is 2.24. The highest BCUT2D eigenvalue weighted by atomic mass is 16.5. The van der Waals surface area contributed by atoms with Crippen molar-refractivity contribution in [1.82, 2.24) is 5.32 Å². The molecule has 1 unspecified atom stereocenters. The van der Waals surface area contributed by atoms with Gasteiger partial charge in [0, 0.05) is 11.6 Å². The van der Waals surface area contributed by atoms with Crippen LogP contribution in [0.25, 0.3) is 0 Å². The van der Waals surface area contributed by atoms with Crippen molar-refractivity contribution in [3.05, 3.63) is 23.8 Å². The molecule has 0 aliphatic rings. The number of methoxy groups -OCH3 is 2. The summed E-state index contributed by atoms with van der Waals surface area (Å²) in [5.41, 5.74) is 1.42. The van der Waals surface area contributed by atoms with Crippen LogP contribution in [0.5, 0.6) is 11.5 Å². The van der Waals surface area contributed by atoms with Gasteiger partial charge >= 0.3 is 0 Å². The van der Waals surface area contributed by atoms with Crippen molar-refractivity contribution in [3.8, 4) is 11.5 Å². The molecule has 1 atom stereocenters. The molecule has 0 saturated heterocycles. The first-order valence-corrected chi connectivity index (χ1v) is 6.81. The number of benzene rings is 1. The summed E-state index contributed by atoms with van der Waals surface area (Å²) in [4.78, 5) is 0. The Morgan fingerprint density at radius 1 is 1.05 bits per heavy atom. The molecule has 108 valence electrons. The monoisotopic (exact) mass is 265 g/mol. The van der Waals surface area contributed by atoms with Crippen molar-refractivity contribution in [2.24, 2.45) is 5.92 Å². The van der Waals surface area contributed by atoms with Crippen LogP contribution in [-0.2, 0) is 6.42 Å². The van der Waals surface area contributed by atoms with Crippen LogP contribution in [-0.4, -0.2) is 26.3 Å². The molecule has 0 fully saturated rings. The molecule has 0 bridgehead atoms. The quantitative estimate of drug-likeness (QED) is 0.856. The first-order chi connectivity index (χ1) is 8.84. The Bertz CT molecular complexity index is 374. The molecule has 0 spiro atoms. The van der Waals surface area contributed by atoms with E-state index < -0.39 is 0 Å². The van der Waals surface area contributed by atoms with Crippen molar-refractivity contribution >= 4 is 0 Å². The lowest BCUT2D eigenvalue weighted by Crippen LogP contribution is -2.39. The second-order valence-electron chi connectivity index (χ2n) is 6.16. The van der Waals surface area contributed by atoms with Gasteiger partial charge < -0.3 is 14.8 Å². The van der Waals surface area contributed by atoms with Gasteiger partial charge in [-0.25, -0.2) is 0 Å². The second kappa shape index (κ2) is 6.80. The summed E-state index contributed by atoms with van der Waals surface area (Å²) >= 11 is 0. The van der Waals surface area contributed by atoms with Crippen molar-refractivity contribution in [3.63, 3.8) is 0 Å². The summed E-state index contributed by atoms with van der Waals surface area (Å²) in [5, 5.41) is 3.54. The minimum Gasteiger partial charge on any atom is -0.497 e. The van der Waals surface area contributed by atoms with Crippen LogP contribution in [0.3, 0.4) is 0 Å². The Balaban J connectivity index is 2.65. The van der Waals surface area contributed by atoms with Gasteiger partial charge in [0.1, 0.15) is 11.5 Å². The van der Waals surface area contributed by atoms with E-state index in [0.29, 0.717) is 5.92 Å². The Morgan fingerprint density at radius 2 is 1.58 bits per heavy atom. The van der Waals surface area contributed by atoms with Gasteiger partial charge in [-0.1, -0.05) is 6.92 Å². The average molecular weight is 265 g/mol. The van der Waals surface area contributed by atoms with E-state index in [9.17, 15) is 0 Å². The van der Waals surface area contributed by atoms with E-state index in [2.05, 4.69) is 45.1 Å². The van der Waals surface area contributed by atoms with Crippen LogP contribution in [0.2, 0.25) is 0 Å². The van der Waals surface area contributed by atoms with E-state index in [-0.39, 0.29) is 5.54 Å². The third-order valence-electron chi connectivity index (χ3n) is 2.98. The maximum absolute atomic E-state index is 5.30. The third-order valence-corrected chi connectivity index (χ3v) is 2.98. The van der Waals surface area contributed by atoms with Crippen molar-refractivity contribution in [2.45, 2.75) is 39.7 Å². The molecule has 0 amide bonds. The maximum atomic E-state index is 5.30. The molecular formula is C16H27NO2. The zero-order valence-electron chi connectivity index (χ0n) is 13.0. The lowest BCUT2D eigenvalue weighted by atomic mass is 9.99. The van der Waals surface area contributed by atoms with Gasteiger partial charge in [0.15, 0.2) is 0 Å². The largest absolute Gasteiger partial charge is 0.497 e. The molecule has 3 heteroatoms. The zero-order chi connectivity index (χ0) is 14.5. The van der Waals surface area contributed by atoms with E-state index in [1.54, 1.807) is 14.2 Å². The molecule has 0 radical (unpaired) electrons. The lowest BCUT2D eigenvalue weighted by molar-refractivity contribution is 0.378. The molecule has 0 aliphatic heterocycles. The summed E-state index contributed by atoms with van der Waals surface area (Å²) in [7, 11) is 3.37. The SMILES string of the molecule is COc1cc(CC(C)CNC(C)(C)C)cc(OC)c1. The number of hydrogen-bond acceptors (Lipinski definition) is 3. The van der Waals surface area contributed by atoms with Crippen LogP contribution >= 0.6 is 0 Å². The van der Waals surface area contributed by atoms with E-state index in [4.69, 9.17) is 9.47 Å². The predicted octanol–water partition coefficient (Wildman–Crippen LogP) is 3.27. The standard InChI is InChI=1S/C16H27NO2/c1-12(11-17-16(2,3)4)7-13-8-14(18-5)10-15(9-13)19-6/h8-10,12,17H,7,11H2,1-6H3. The van der Waals surface area contributed by atoms with Gasteiger partial charge in [0.2, 0.25) is 0 Å². The highest BCUT2D eigenvalue weighted by molar-refractivity contribution is 5.38. The van der Waals surface area contributed by atoms with Gasteiger partial charge in [-0.05, 0) is 57.4 Å². The van der Waals surface area contributed by atoms with E-state index >= 15 is 0 Å². The Morgan fingerprint density at radius 3 is 2.00 bits per heavy atom. The fourth-order valence-electron chi connectivity index (χ4n) is 1.94. The fraction of sp³-hybridized carbons (Fsp3) is 0.625. The number of rotatable bonds is 6. The van der Waals surface area contributed by atoms with Crippen LogP contribution in [0.1, 0.15) is 33.3 Å². The summed E-state index contributed by atoms with van der Waals surface area (Å²) in [6.45, 7) is 9.82. The van der Waals surface area contributed by atoms with Crippen LogP contribution in [0.4, 0.5) is 0 Å². The molecule has 0 heterocycles. The van der Waals surface area contributed by atoms with Gasteiger partial charge in [0.05, 0.1) is 14.2 Å². The van der Waals surface area contributed by atoms with Crippen LogP contribution in [0.15, 0.2) is 18.2 Å². The van der Waals surface area contributed by atoms with Crippen molar-refractivity contribution < 1.29 is 9.47 Å². The molecule has 1 aromatic rings. The minimum atomic E-state index is 0.167. The van der Waals surface area contributed by atoms with Crippen molar-refractivity contribution in [1.29, 1.82) is 0 Å². The molecule has 19 heavy (non-hydrogen) atoms. The molecule has 1 aromatic carbocycles. The summed E-state index contributed by atoms with van der Waals surface area (Å²) in [6.07, 6.45) is 1.01. The number of ether oxygens (including phenoxy) is 2. The minimum absolute atomic E-state index is 0.167. The molecule has 3 nitrogen and oxygen atoms in total. The average Bonchev–Trinajstić information content (AvgIpc) is 2.35. The molecule has 1 rings (SSSR count). The fourth-order valence-corrected chi connectivity index (χ4v) is 1.94. The predicted molar refractivity (Wildman–Crippen MR) is 80.2 cm³/mol. The molecule has 0 aliphatic carbocycles. The van der Waals surface area contributed by atoms with Crippen molar-refractivity contribution in [2.75, 3.05) is 20.8 Å². The Hall–Kier alpha value is -1.22. The first-order valence-electron chi connectivity index (χ1n) is 6.81. The van der Waals surface area contributed by atoms with Gasteiger partial charge in [0.25, 0.3) is 0 Å². The van der Waals surface area contributed by atoms with E-state index in [1.165, 1.54) is 5.56 Å². The molecule has 1 N–H and O–H groups in total. The summed E-state index contributed by atoms with van der Waals surface area (Å²) in [6, 6.07) is 6.06. The highest BCUT2D eigenvalue weighted by Gasteiger charge is 2.12. The smallest absolute Gasteiger partial charge is 0.122 e. The second-order valence-corrected chi connectivity index (χ2v) is 6.16. The molecule has 0 saturated carbocycles.